The van der Waals surface area contributed by atoms with Crippen molar-refractivity contribution in [3.8, 4) is 11.6 Å². The van der Waals surface area contributed by atoms with E-state index in [1.54, 1.807) is 6.20 Å². The highest BCUT2D eigenvalue weighted by atomic mass is 16.5. The molecule has 5 nitrogen and oxygen atoms in total. The predicted molar refractivity (Wildman–Crippen MR) is 97.7 cm³/mol. The van der Waals surface area contributed by atoms with Gasteiger partial charge < -0.3 is 15.2 Å². The number of rotatable bonds is 8. The molecule has 2 N–H and O–H groups in total. The van der Waals surface area contributed by atoms with E-state index in [0.29, 0.717) is 24.6 Å². The van der Waals surface area contributed by atoms with E-state index in [2.05, 4.69) is 31.1 Å². The maximum absolute atomic E-state index is 11.4. The smallest absolute Gasteiger partial charge is 0.320 e. The molecule has 0 saturated heterocycles. The molecule has 0 fully saturated rings. The standard InChI is InChI=1S/C20H26N2O3/c1-20(2,3)11-9-17(19(23)24)22-14-15-10-12-21-18(13-15)25-16-7-5-4-6-8-16/h4-8,10,12-13,17,22H,9,11,14H2,1-3H3,(H,23,24). The van der Waals surface area contributed by atoms with Crippen molar-refractivity contribution in [3.05, 3.63) is 54.2 Å². The Morgan fingerprint density at radius 2 is 1.96 bits per heavy atom. The summed E-state index contributed by atoms with van der Waals surface area (Å²) < 4.78 is 5.71. The maximum Gasteiger partial charge on any atom is 0.320 e. The number of ether oxygens (including phenoxy) is 1. The maximum atomic E-state index is 11.4. The molecule has 1 atom stereocenters. The number of pyridine rings is 1. The second-order valence-electron chi connectivity index (χ2n) is 7.29. The van der Waals surface area contributed by atoms with Crippen LogP contribution < -0.4 is 10.1 Å². The van der Waals surface area contributed by atoms with Crippen molar-refractivity contribution in [1.29, 1.82) is 0 Å². The Morgan fingerprint density at radius 1 is 1.24 bits per heavy atom. The summed E-state index contributed by atoms with van der Waals surface area (Å²) in [6.07, 6.45) is 3.10. The molecule has 1 aromatic heterocycles. The quantitative estimate of drug-likeness (QED) is 0.750. The van der Waals surface area contributed by atoms with Crippen molar-refractivity contribution in [3.63, 3.8) is 0 Å². The summed E-state index contributed by atoms with van der Waals surface area (Å²) in [4.78, 5) is 15.6. The SMILES string of the molecule is CC(C)(C)CCC(NCc1ccnc(Oc2ccccc2)c1)C(=O)O. The lowest BCUT2D eigenvalue weighted by Gasteiger charge is -2.21. The number of carbonyl (C=O) groups is 1. The summed E-state index contributed by atoms with van der Waals surface area (Å²) in [6, 6.07) is 12.5. The zero-order valence-electron chi connectivity index (χ0n) is 15.0. The van der Waals surface area contributed by atoms with Gasteiger partial charge in [-0.15, -0.1) is 0 Å². The van der Waals surface area contributed by atoms with Crippen molar-refractivity contribution >= 4 is 5.97 Å². The topological polar surface area (TPSA) is 71.5 Å². The van der Waals surface area contributed by atoms with E-state index < -0.39 is 12.0 Å². The van der Waals surface area contributed by atoms with Gasteiger partial charge in [0, 0.05) is 18.8 Å². The molecular weight excluding hydrogens is 316 g/mol. The summed E-state index contributed by atoms with van der Waals surface area (Å²) in [5.41, 5.74) is 1.05. The molecule has 2 aromatic rings. The Labute approximate surface area is 149 Å². The number of aliphatic carboxylic acids is 1. The van der Waals surface area contributed by atoms with E-state index in [1.807, 2.05) is 42.5 Å². The third-order valence-corrected chi connectivity index (χ3v) is 3.80. The van der Waals surface area contributed by atoms with Crippen LogP contribution in [0.4, 0.5) is 0 Å². The molecule has 0 aliphatic rings. The van der Waals surface area contributed by atoms with Gasteiger partial charge in [-0.05, 0) is 42.0 Å². The van der Waals surface area contributed by atoms with Crippen LogP contribution in [-0.2, 0) is 11.3 Å². The van der Waals surface area contributed by atoms with Gasteiger partial charge in [0.15, 0.2) is 0 Å². The summed E-state index contributed by atoms with van der Waals surface area (Å²) in [5, 5.41) is 12.5. The van der Waals surface area contributed by atoms with Crippen molar-refractivity contribution in [2.24, 2.45) is 5.41 Å². The van der Waals surface area contributed by atoms with Crippen molar-refractivity contribution in [2.75, 3.05) is 0 Å². The molecule has 2 rings (SSSR count). The summed E-state index contributed by atoms with van der Waals surface area (Å²) in [7, 11) is 0. The first-order chi connectivity index (χ1) is 11.8. The molecule has 0 amide bonds. The largest absolute Gasteiger partial charge is 0.480 e. The zero-order chi connectivity index (χ0) is 18.3. The molecule has 0 aliphatic heterocycles. The van der Waals surface area contributed by atoms with Crippen LogP contribution in [0.15, 0.2) is 48.7 Å². The fourth-order valence-corrected chi connectivity index (χ4v) is 2.36. The van der Waals surface area contributed by atoms with Crippen LogP contribution in [0, 0.1) is 5.41 Å². The molecule has 1 unspecified atom stereocenters. The van der Waals surface area contributed by atoms with Crippen LogP contribution in [0.1, 0.15) is 39.2 Å². The van der Waals surface area contributed by atoms with Crippen LogP contribution in [0.5, 0.6) is 11.6 Å². The lowest BCUT2D eigenvalue weighted by atomic mass is 9.88. The lowest BCUT2D eigenvalue weighted by Crippen LogP contribution is -2.37. The van der Waals surface area contributed by atoms with E-state index in [1.165, 1.54) is 0 Å². The normalized spacial score (nSPS) is 12.6. The third-order valence-electron chi connectivity index (χ3n) is 3.80. The number of aromatic nitrogens is 1. The second kappa shape index (κ2) is 8.62. The highest BCUT2D eigenvalue weighted by Gasteiger charge is 2.20. The first kappa shape index (κ1) is 18.9. The highest BCUT2D eigenvalue weighted by molar-refractivity contribution is 5.73. The first-order valence-electron chi connectivity index (χ1n) is 8.47. The highest BCUT2D eigenvalue weighted by Crippen LogP contribution is 2.22. The molecular formula is C20H26N2O3. The van der Waals surface area contributed by atoms with E-state index in [-0.39, 0.29) is 5.41 Å². The van der Waals surface area contributed by atoms with Gasteiger partial charge in [0.2, 0.25) is 5.88 Å². The monoisotopic (exact) mass is 342 g/mol. The molecule has 1 aromatic carbocycles. The van der Waals surface area contributed by atoms with Crippen LogP contribution in [0.2, 0.25) is 0 Å². The average molecular weight is 342 g/mol. The van der Waals surface area contributed by atoms with Gasteiger partial charge >= 0.3 is 5.97 Å². The molecule has 1 heterocycles. The number of hydrogen-bond donors (Lipinski definition) is 2. The second-order valence-corrected chi connectivity index (χ2v) is 7.29. The van der Waals surface area contributed by atoms with Crippen LogP contribution in [-0.4, -0.2) is 22.1 Å². The fraction of sp³-hybridized carbons (Fsp3) is 0.400. The molecule has 5 heteroatoms. The third kappa shape index (κ3) is 6.93. The van der Waals surface area contributed by atoms with Crippen molar-refractivity contribution in [2.45, 2.75) is 46.2 Å². The number of benzene rings is 1. The van der Waals surface area contributed by atoms with Gasteiger partial charge in [0.05, 0.1) is 0 Å². The van der Waals surface area contributed by atoms with Crippen molar-refractivity contribution in [1.82, 2.24) is 10.3 Å². The van der Waals surface area contributed by atoms with Gasteiger partial charge in [-0.25, -0.2) is 4.98 Å². The van der Waals surface area contributed by atoms with E-state index in [4.69, 9.17) is 4.74 Å². The summed E-state index contributed by atoms with van der Waals surface area (Å²) in [6.45, 7) is 6.79. The molecule has 0 aliphatic carbocycles. The zero-order valence-corrected chi connectivity index (χ0v) is 15.0. The Morgan fingerprint density at radius 3 is 2.60 bits per heavy atom. The molecule has 0 saturated carbocycles. The van der Waals surface area contributed by atoms with E-state index >= 15 is 0 Å². The first-order valence-corrected chi connectivity index (χ1v) is 8.47. The summed E-state index contributed by atoms with van der Waals surface area (Å²) >= 11 is 0. The van der Waals surface area contributed by atoms with Gasteiger partial charge in [-0.3, -0.25) is 4.79 Å². The lowest BCUT2D eigenvalue weighted by molar-refractivity contribution is -0.139. The van der Waals surface area contributed by atoms with Crippen LogP contribution in [0.3, 0.4) is 0 Å². The van der Waals surface area contributed by atoms with E-state index in [9.17, 15) is 9.90 Å². The Hall–Kier alpha value is -2.40. The van der Waals surface area contributed by atoms with Gasteiger partial charge in [0.25, 0.3) is 0 Å². The number of carboxylic acids is 1. The Bertz CT molecular complexity index is 681. The van der Waals surface area contributed by atoms with E-state index in [0.717, 1.165) is 12.0 Å². The molecule has 25 heavy (non-hydrogen) atoms. The molecule has 0 spiro atoms. The van der Waals surface area contributed by atoms with Gasteiger partial charge in [0.1, 0.15) is 11.8 Å². The Kier molecular flexibility index (Phi) is 6.53. The minimum absolute atomic E-state index is 0.114. The number of hydrogen-bond acceptors (Lipinski definition) is 4. The predicted octanol–water partition coefficient (Wildman–Crippen LogP) is 4.24. The summed E-state index contributed by atoms with van der Waals surface area (Å²) in [5.74, 6) is 0.389. The Balaban J connectivity index is 1.95. The minimum atomic E-state index is -0.820. The molecule has 0 radical (unpaired) electrons. The molecule has 0 bridgehead atoms. The average Bonchev–Trinajstić information content (AvgIpc) is 2.55. The number of para-hydroxylation sites is 1. The molecule has 134 valence electrons. The minimum Gasteiger partial charge on any atom is -0.480 e. The van der Waals surface area contributed by atoms with Gasteiger partial charge in [-0.1, -0.05) is 39.0 Å². The number of carboxylic acid groups (broad SMARTS) is 1. The van der Waals surface area contributed by atoms with Gasteiger partial charge in [-0.2, -0.15) is 0 Å². The fourth-order valence-electron chi connectivity index (χ4n) is 2.36. The van der Waals surface area contributed by atoms with Crippen molar-refractivity contribution < 1.29 is 14.6 Å². The van der Waals surface area contributed by atoms with Crippen LogP contribution >= 0.6 is 0 Å². The number of nitrogens with zero attached hydrogens (tertiary/aromatic N) is 1. The van der Waals surface area contributed by atoms with Crippen LogP contribution in [0.25, 0.3) is 0 Å². The number of nitrogens with one attached hydrogen (secondary N) is 1.